The number of carbonyl (C=O) groups is 1. The zero-order valence-corrected chi connectivity index (χ0v) is 16.3. The first kappa shape index (κ1) is 19.6. The molecule has 0 aliphatic rings. The highest BCUT2D eigenvalue weighted by molar-refractivity contribution is 5.94. The molecule has 5 nitrogen and oxygen atoms in total. The molecule has 6 heteroatoms. The van der Waals surface area contributed by atoms with Crippen molar-refractivity contribution >= 4 is 5.91 Å². The molecule has 0 saturated carbocycles. The third kappa shape index (κ3) is 4.39. The average Bonchev–Trinajstić information content (AvgIpc) is 3.07. The number of aromatic nitrogens is 2. The zero-order valence-electron chi connectivity index (χ0n) is 16.3. The highest BCUT2D eigenvalue weighted by Gasteiger charge is 2.18. The summed E-state index contributed by atoms with van der Waals surface area (Å²) < 4.78 is 15.3. The lowest BCUT2D eigenvalue weighted by Gasteiger charge is -2.24. The van der Waals surface area contributed by atoms with Crippen LogP contribution in [0.25, 0.3) is 11.1 Å². The van der Waals surface area contributed by atoms with E-state index in [0.29, 0.717) is 35.7 Å². The van der Waals surface area contributed by atoms with Gasteiger partial charge in [-0.1, -0.05) is 38.1 Å². The number of carbonyl (C=O) groups excluding carboxylic acids is 1. The van der Waals surface area contributed by atoms with Gasteiger partial charge in [0.15, 0.2) is 11.6 Å². The molecule has 0 fully saturated rings. The van der Waals surface area contributed by atoms with Crippen molar-refractivity contribution < 1.29 is 14.3 Å². The van der Waals surface area contributed by atoms with Gasteiger partial charge in [-0.3, -0.25) is 9.48 Å². The second-order valence-corrected chi connectivity index (χ2v) is 7.32. The molecule has 0 unspecified atom stereocenters. The Morgan fingerprint density at radius 2 is 1.93 bits per heavy atom. The van der Waals surface area contributed by atoms with E-state index in [4.69, 9.17) is 0 Å². The van der Waals surface area contributed by atoms with Gasteiger partial charge in [-0.2, -0.15) is 5.10 Å². The third-order valence-electron chi connectivity index (χ3n) is 4.43. The third-order valence-corrected chi connectivity index (χ3v) is 4.43. The maximum absolute atomic E-state index is 13.6. The van der Waals surface area contributed by atoms with Gasteiger partial charge < -0.3 is 10.0 Å². The number of hydrogen-bond donors (Lipinski definition) is 1. The summed E-state index contributed by atoms with van der Waals surface area (Å²) in [6, 6.07) is 11.2. The van der Waals surface area contributed by atoms with Crippen molar-refractivity contribution in [2.45, 2.75) is 20.4 Å². The molecule has 0 spiro atoms. The minimum atomic E-state index is -0.669. The summed E-state index contributed by atoms with van der Waals surface area (Å²) in [5, 5.41) is 14.1. The Morgan fingerprint density at radius 3 is 2.54 bits per heavy atom. The van der Waals surface area contributed by atoms with Crippen LogP contribution in [0.4, 0.5) is 4.39 Å². The van der Waals surface area contributed by atoms with Gasteiger partial charge in [0, 0.05) is 43.0 Å². The number of para-hydroxylation sites is 1. The van der Waals surface area contributed by atoms with E-state index in [1.54, 1.807) is 52.2 Å². The molecule has 0 aliphatic heterocycles. The van der Waals surface area contributed by atoms with Crippen molar-refractivity contribution in [3.05, 3.63) is 71.8 Å². The lowest BCUT2D eigenvalue weighted by Crippen LogP contribution is -2.33. The van der Waals surface area contributed by atoms with E-state index in [9.17, 15) is 14.3 Å². The summed E-state index contributed by atoms with van der Waals surface area (Å²) in [5.41, 5.74) is 2.56. The number of benzene rings is 2. The Bertz CT molecular complexity index is 964. The SMILES string of the molecule is CC(C)CN(Cc1cnn(C)c1)C(=O)c1ccc(-c2cccc(F)c2O)cc1. The van der Waals surface area contributed by atoms with Crippen LogP contribution in [0.2, 0.25) is 0 Å². The number of hydrogen-bond acceptors (Lipinski definition) is 3. The maximum Gasteiger partial charge on any atom is 0.254 e. The second kappa shape index (κ2) is 8.25. The fourth-order valence-electron chi connectivity index (χ4n) is 3.16. The minimum absolute atomic E-state index is 0.0763. The predicted molar refractivity (Wildman–Crippen MR) is 106 cm³/mol. The van der Waals surface area contributed by atoms with E-state index in [-0.39, 0.29) is 11.7 Å². The Kier molecular flexibility index (Phi) is 5.78. The van der Waals surface area contributed by atoms with Crippen molar-refractivity contribution in [1.29, 1.82) is 0 Å². The van der Waals surface area contributed by atoms with Crippen LogP contribution >= 0.6 is 0 Å². The van der Waals surface area contributed by atoms with Crippen LogP contribution in [0.1, 0.15) is 29.8 Å². The smallest absolute Gasteiger partial charge is 0.254 e. The Balaban J connectivity index is 1.83. The number of nitrogens with zero attached hydrogens (tertiary/aromatic N) is 3. The summed E-state index contributed by atoms with van der Waals surface area (Å²) >= 11 is 0. The Hall–Kier alpha value is -3.15. The normalized spacial score (nSPS) is 11.0. The molecule has 28 heavy (non-hydrogen) atoms. The largest absolute Gasteiger partial charge is 0.504 e. The molecule has 2 aromatic carbocycles. The standard InChI is InChI=1S/C22H24FN3O2/c1-15(2)12-26(14-16-11-24-25(3)13-16)22(28)18-9-7-17(8-10-18)19-5-4-6-20(23)21(19)27/h4-11,13,15,27H,12,14H2,1-3H3. The molecular weight excluding hydrogens is 357 g/mol. The molecule has 0 atom stereocenters. The predicted octanol–water partition coefficient (Wildman–Crippen LogP) is 4.23. The van der Waals surface area contributed by atoms with Crippen molar-refractivity contribution in [2.24, 2.45) is 13.0 Å². The Morgan fingerprint density at radius 1 is 1.21 bits per heavy atom. The van der Waals surface area contributed by atoms with Gasteiger partial charge >= 0.3 is 0 Å². The summed E-state index contributed by atoms with van der Waals surface area (Å²) in [6.07, 6.45) is 3.66. The summed E-state index contributed by atoms with van der Waals surface area (Å²) in [4.78, 5) is 14.9. The fraction of sp³-hybridized carbons (Fsp3) is 0.273. The lowest BCUT2D eigenvalue weighted by atomic mass is 10.0. The lowest BCUT2D eigenvalue weighted by molar-refractivity contribution is 0.0722. The van der Waals surface area contributed by atoms with Crippen LogP contribution in [-0.2, 0) is 13.6 Å². The molecule has 0 radical (unpaired) electrons. The Labute approximate surface area is 164 Å². The van der Waals surface area contributed by atoms with Crippen molar-refractivity contribution in [3.63, 3.8) is 0 Å². The topological polar surface area (TPSA) is 58.4 Å². The summed E-state index contributed by atoms with van der Waals surface area (Å²) in [7, 11) is 1.85. The summed E-state index contributed by atoms with van der Waals surface area (Å²) in [6.45, 7) is 5.25. The van der Waals surface area contributed by atoms with Crippen LogP contribution in [0.15, 0.2) is 54.9 Å². The molecule has 3 aromatic rings. The average molecular weight is 381 g/mol. The number of phenols is 1. The molecule has 146 valence electrons. The molecule has 0 aliphatic carbocycles. The molecule has 0 saturated heterocycles. The van der Waals surface area contributed by atoms with Crippen molar-refractivity contribution in [1.82, 2.24) is 14.7 Å². The van der Waals surface area contributed by atoms with E-state index < -0.39 is 5.82 Å². The first-order chi connectivity index (χ1) is 13.3. The number of rotatable bonds is 6. The highest BCUT2D eigenvalue weighted by Crippen LogP contribution is 2.31. The molecule has 0 bridgehead atoms. The van der Waals surface area contributed by atoms with Crippen LogP contribution in [0, 0.1) is 11.7 Å². The fourth-order valence-corrected chi connectivity index (χ4v) is 3.16. The highest BCUT2D eigenvalue weighted by atomic mass is 19.1. The molecule has 1 heterocycles. The summed E-state index contributed by atoms with van der Waals surface area (Å²) in [5.74, 6) is -0.812. The van der Waals surface area contributed by atoms with E-state index in [1.807, 2.05) is 13.2 Å². The molecule has 1 N–H and O–H groups in total. The van der Waals surface area contributed by atoms with Crippen LogP contribution < -0.4 is 0 Å². The number of halogens is 1. The van der Waals surface area contributed by atoms with E-state index in [1.165, 1.54) is 6.07 Å². The molecule has 1 aromatic heterocycles. The first-order valence-corrected chi connectivity index (χ1v) is 9.20. The van der Waals surface area contributed by atoms with Gasteiger partial charge in [-0.15, -0.1) is 0 Å². The molecule has 3 rings (SSSR count). The van der Waals surface area contributed by atoms with Gasteiger partial charge in [0.1, 0.15) is 0 Å². The van der Waals surface area contributed by atoms with Crippen molar-refractivity contribution in [3.8, 4) is 16.9 Å². The number of aryl methyl sites for hydroxylation is 1. The zero-order chi connectivity index (χ0) is 20.3. The van der Waals surface area contributed by atoms with E-state index in [2.05, 4.69) is 18.9 Å². The number of aromatic hydroxyl groups is 1. The van der Waals surface area contributed by atoms with Gasteiger partial charge in [0.25, 0.3) is 5.91 Å². The van der Waals surface area contributed by atoms with Gasteiger partial charge in [0.05, 0.1) is 6.20 Å². The van der Waals surface area contributed by atoms with Gasteiger partial charge in [-0.25, -0.2) is 4.39 Å². The molecule has 1 amide bonds. The maximum atomic E-state index is 13.6. The van der Waals surface area contributed by atoms with E-state index >= 15 is 0 Å². The minimum Gasteiger partial charge on any atom is -0.504 e. The monoisotopic (exact) mass is 381 g/mol. The van der Waals surface area contributed by atoms with E-state index in [0.717, 1.165) is 5.56 Å². The second-order valence-electron chi connectivity index (χ2n) is 7.32. The molecular formula is C22H24FN3O2. The first-order valence-electron chi connectivity index (χ1n) is 9.20. The van der Waals surface area contributed by atoms with Gasteiger partial charge in [0.2, 0.25) is 0 Å². The quantitative estimate of drug-likeness (QED) is 0.695. The number of phenolic OH excluding ortho intramolecular Hbond substituents is 1. The van der Waals surface area contributed by atoms with Crippen LogP contribution in [0.5, 0.6) is 5.75 Å². The van der Waals surface area contributed by atoms with Gasteiger partial charge in [-0.05, 0) is 29.7 Å². The van der Waals surface area contributed by atoms with Crippen molar-refractivity contribution in [2.75, 3.05) is 6.54 Å². The number of amides is 1. The van der Waals surface area contributed by atoms with Crippen LogP contribution in [0.3, 0.4) is 0 Å². The van der Waals surface area contributed by atoms with Crippen LogP contribution in [-0.4, -0.2) is 32.2 Å².